The van der Waals surface area contributed by atoms with Crippen LogP contribution in [0.25, 0.3) is 0 Å². The van der Waals surface area contributed by atoms with Crippen LogP contribution in [0.2, 0.25) is 0 Å². The number of unbranched alkanes of at least 4 members (excludes halogenated alkanes) is 8. The fraction of sp³-hybridized carbons (Fsp3) is 1.00. The number of aliphatic hydroxyl groups is 1. The Labute approximate surface area is 136 Å². The molecule has 4 N–H and O–H groups in total. The Hall–Kier alpha value is 0.0700. The number of hydrogen-bond acceptors (Lipinski definition) is 2. The first-order chi connectivity index (χ1) is 10.3. The predicted octanol–water partition coefficient (Wildman–Crippen LogP) is 4.39. The van der Waals surface area contributed by atoms with Crippen LogP contribution in [0.3, 0.4) is 0 Å². The largest absolute Gasteiger partial charge is 0.466 e. The van der Waals surface area contributed by atoms with Crippen LogP contribution < -0.4 is 0 Å². The fourth-order valence-corrected chi connectivity index (χ4v) is 2.40. The van der Waals surface area contributed by atoms with Gasteiger partial charge in [-0.2, -0.15) is 0 Å². The monoisotopic (exact) mass is 340 g/mol. The normalized spacial score (nSPS) is 12.6. The highest BCUT2D eigenvalue weighted by atomic mass is 31.2. The van der Waals surface area contributed by atoms with E-state index < -0.39 is 7.82 Å². The zero-order valence-electron chi connectivity index (χ0n) is 14.4. The minimum atomic E-state index is -4.64. The van der Waals surface area contributed by atoms with Gasteiger partial charge < -0.3 is 19.8 Å². The second-order valence-electron chi connectivity index (χ2n) is 5.97. The zero-order chi connectivity index (χ0) is 17.3. The van der Waals surface area contributed by atoms with E-state index in [0.717, 1.165) is 0 Å². The van der Waals surface area contributed by atoms with Gasteiger partial charge in [-0.05, 0) is 18.8 Å². The van der Waals surface area contributed by atoms with Crippen molar-refractivity contribution in [2.75, 3.05) is 6.61 Å². The van der Waals surface area contributed by atoms with Crippen LogP contribution in [0.5, 0.6) is 0 Å². The lowest BCUT2D eigenvalue weighted by molar-refractivity contribution is 0.204. The van der Waals surface area contributed by atoms with E-state index in [1.54, 1.807) is 0 Å². The fourth-order valence-electron chi connectivity index (χ4n) is 2.40. The van der Waals surface area contributed by atoms with Crippen molar-refractivity contribution in [3.05, 3.63) is 0 Å². The highest BCUT2D eigenvalue weighted by Gasteiger charge is 2.06. The summed E-state index contributed by atoms with van der Waals surface area (Å²) < 4.78 is 8.88. The van der Waals surface area contributed by atoms with E-state index in [1.165, 1.54) is 77.0 Å². The molecule has 0 spiro atoms. The Morgan fingerprint density at radius 2 is 1.05 bits per heavy atom. The third-order valence-corrected chi connectivity index (χ3v) is 3.69. The lowest BCUT2D eigenvalue weighted by Gasteiger charge is -2.13. The third-order valence-electron chi connectivity index (χ3n) is 3.69. The maximum atomic E-state index is 9.32. The van der Waals surface area contributed by atoms with Crippen LogP contribution in [0.4, 0.5) is 0 Å². The van der Waals surface area contributed by atoms with Crippen molar-refractivity contribution < 1.29 is 24.4 Å². The Balaban J connectivity index is 0. The summed E-state index contributed by atoms with van der Waals surface area (Å²) >= 11 is 0. The average Bonchev–Trinajstić information content (AvgIpc) is 2.43. The maximum Gasteiger partial charge on any atom is 0.466 e. The molecule has 0 saturated carbocycles. The summed E-state index contributed by atoms with van der Waals surface area (Å²) in [5.41, 5.74) is 0. The first-order valence-corrected chi connectivity index (χ1v) is 10.3. The van der Waals surface area contributed by atoms with Gasteiger partial charge in [-0.25, -0.2) is 4.57 Å². The first-order valence-electron chi connectivity index (χ1n) is 8.74. The molecule has 1 unspecified atom stereocenters. The Morgan fingerprint density at radius 3 is 1.41 bits per heavy atom. The predicted molar refractivity (Wildman–Crippen MR) is 91.6 cm³/mol. The lowest BCUT2D eigenvalue weighted by atomic mass is 9.95. The van der Waals surface area contributed by atoms with E-state index in [4.69, 9.17) is 19.2 Å². The SMILES string of the molecule is CCCCCCCCC(CO)CCCCCC.O=P(O)(O)O. The Morgan fingerprint density at radius 1 is 0.727 bits per heavy atom. The number of hydrogen-bond donors (Lipinski definition) is 4. The van der Waals surface area contributed by atoms with E-state index in [-0.39, 0.29) is 0 Å². The molecule has 0 aromatic rings. The van der Waals surface area contributed by atoms with Gasteiger partial charge in [-0.15, -0.1) is 0 Å². The summed E-state index contributed by atoms with van der Waals surface area (Å²) in [7, 11) is -4.64. The van der Waals surface area contributed by atoms with E-state index in [1.807, 2.05) is 0 Å². The van der Waals surface area contributed by atoms with E-state index in [2.05, 4.69) is 13.8 Å². The first kappa shape index (κ1) is 24.3. The number of aliphatic hydroxyl groups excluding tert-OH is 1. The van der Waals surface area contributed by atoms with Gasteiger partial charge in [0.25, 0.3) is 0 Å². The van der Waals surface area contributed by atoms with Crippen molar-refractivity contribution in [3.63, 3.8) is 0 Å². The smallest absolute Gasteiger partial charge is 0.396 e. The van der Waals surface area contributed by atoms with Gasteiger partial charge in [0.05, 0.1) is 0 Å². The molecule has 5 nitrogen and oxygen atoms in total. The van der Waals surface area contributed by atoms with Gasteiger partial charge in [0, 0.05) is 6.61 Å². The molecule has 0 aliphatic heterocycles. The molecule has 136 valence electrons. The van der Waals surface area contributed by atoms with E-state index in [9.17, 15) is 5.11 Å². The van der Waals surface area contributed by atoms with Crippen LogP contribution in [0, 0.1) is 5.92 Å². The molecule has 6 heteroatoms. The second kappa shape index (κ2) is 17.4. The topological polar surface area (TPSA) is 98.0 Å². The summed E-state index contributed by atoms with van der Waals surface area (Å²) in [6.07, 6.45) is 16.0. The van der Waals surface area contributed by atoms with Crippen LogP contribution in [0.15, 0.2) is 0 Å². The van der Waals surface area contributed by atoms with Crippen molar-refractivity contribution in [1.82, 2.24) is 0 Å². The van der Waals surface area contributed by atoms with Crippen LogP contribution in [0.1, 0.15) is 90.9 Å². The van der Waals surface area contributed by atoms with Gasteiger partial charge >= 0.3 is 7.82 Å². The average molecular weight is 340 g/mol. The summed E-state index contributed by atoms with van der Waals surface area (Å²) in [6, 6.07) is 0. The van der Waals surface area contributed by atoms with Gasteiger partial charge in [0.1, 0.15) is 0 Å². The molecule has 0 bridgehead atoms. The molecule has 0 fully saturated rings. The second-order valence-corrected chi connectivity index (χ2v) is 6.99. The zero-order valence-corrected chi connectivity index (χ0v) is 15.3. The molecule has 0 rings (SSSR count). The van der Waals surface area contributed by atoms with Gasteiger partial charge in [0.15, 0.2) is 0 Å². The van der Waals surface area contributed by atoms with E-state index in [0.29, 0.717) is 12.5 Å². The number of phosphoric acid groups is 1. The molecule has 0 aromatic heterocycles. The molecule has 1 atom stereocenters. The molecule has 0 radical (unpaired) electrons. The minimum Gasteiger partial charge on any atom is -0.396 e. The lowest BCUT2D eigenvalue weighted by Crippen LogP contribution is -2.06. The summed E-state index contributed by atoms with van der Waals surface area (Å²) in [6.45, 7) is 4.92. The highest BCUT2D eigenvalue weighted by molar-refractivity contribution is 7.45. The molecule has 0 saturated heterocycles. The van der Waals surface area contributed by atoms with Crippen molar-refractivity contribution >= 4 is 7.82 Å². The van der Waals surface area contributed by atoms with E-state index >= 15 is 0 Å². The van der Waals surface area contributed by atoms with Crippen molar-refractivity contribution in [3.8, 4) is 0 Å². The molecule has 0 heterocycles. The summed E-state index contributed by atoms with van der Waals surface area (Å²) in [5, 5.41) is 9.32. The van der Waals surface area contributed by atoms with Gasteiger partial charge in [0.2, 0.25) is 0 Å². The standard InChI is InChI=1S/C16H34O.H3O4P/c1-3-5-7-9-10-12-14-16(15-17)13-11-8-6-4-2;1-5(2,3)4/h16-17H,3-15H2,1-2H3;(H3,1,2,3,4). The van der Waals surface area contributed by atoms with Gasteiger partial charge in [-0.1, -0.05) is 78.1 Å². The van der Waals surface area contributed by atoms with Crippen molar-refractivity contribution in [2.45, 2.75) is 90.9 Å². The molecule has 22 heavy (non-hydrogen) atoms. The molecular formula is C16H37O5P. The van der Waals surface area contributed by atoms with Gasteiger partial charge in [-0.3, -0.25) is 0 Å². The highest BCUT2D eigenvalue weighted by Crippen LogP contribution is 2.25. The third kappa shape index (κ3) is 28.3. The quantitative estimate of drug-likeness (QED) is 0.294. The van der Waals surface area contributed by atoms with Crippen LogP contribution >= 0.6 is 7.82 Å². The maximum absolute atomic E-state index is 9.32. The molecule has 0 aromatic carbocycles. The Bertz CT molecular complexity index is 247. The minimum absolute atomic E-state index is 0.404. The number of rotatable bonds is 13. The van der Waals surface area contributed by atoms with Crippen molar-refractivity contribution in [1.29, 1.82) is 0 Å². The van der Waals surface area contributed by atoms with Crippen molar-refractivity contribution in [2.24, 2.45) is 5.92 Å². The summed E-state index contributed by atoms with van der Waals surface area (Å²) in [4.78, 5) is 21.6. The molecule has 0 aliphatic rings. The molecule has 0 amide bonds. The van der Waals surface area contributed by atoms with Crippen LogP contribution in [-0.2, 0) is 4.57 Å². The molecular weight excluding hydrogens is 303 g/mol. The Kier molecular flexibility index (Phi) is 19.3. The molecule has 0 aliphatic carbocycles. The van der Waals surface area contributed by atoms with Crippen LogP contribution in [-0.4, -0.2) is 26.4 Å². The summed E-state index contributed by atoms with van der Waals surface area (Å²) in [5.74, 6) is 0.582.